The van der Waals surface area contributed by atoms with E-state index in [1.54, 1.807) is 11.0 Å². The average Bonchev–Trinajstić information content (AvgIpc) is 3.40. The summed E-state index contributed by atoms with van der Waals surface area (Å²) in [6, 6.07) is 34.7. The number of rotatable bonds is 9. The van der Waals surface area contributed by atoms with Gasteiger partial charge in [-0.15, -0.1) is 0 Å². The number of hydrogen-bond donors (Lipinski definition) is 2. The van der Waals surface area contributed by atoms with Gasteiger partial charge in [0.25, 0.3) is 5.91 Å². The molecular formula is C38H38N4O4. The van der Waals surface area contributed by atoms with Crippen molar-refractivity contribution in [2.24, 2.45) is 0 Å². The van der Waals surface area contributed by atoms with Gasteiger partial charge in [0.1, 0.15) is 17.9 Å². The van der Waals surface area contributed by atoms with E-state index in [0.717, 1.165) is 38.2 Å². The van der Waals surface area contributed by atoms with E-state index >= 15 is 0 Å². The molecule has 46 heavy (non-hydrogen) atoms. The Morgan fingerprint density at radius 1 is 0.804 bits per heavy atom. The van der Waals surface area contributed by atoms with Gasteiger partial charge in [0.05, 0.1) is 0 Å². The van der Waals surface area contributed by atoms with E-state index in [9.17, 15) is 14.4 Å². The molecule has 2 fully saturated rings. The largest absolute Gasteiger partial charge is 0.487 e. The number of piperidine rings is 2. The molecule has 2 saturated heterocycles. The number of carbonyl (C=O) groups is 3. The molecule has 0 aromatic heterocycles. The maximum Gasteiger partial charge on any atom is 0.255 e. The summed E-state index contributed by atoms with van der Waals surface area (Å²) in [5.41, 5.74) is 6.34. The number of ether oxygens (including phenoxy) is 1. The Hall–Kier alpha value is -4.79. The van der Waals surface area contributed by atoms with Crippen molar-refractivity contribution in [3.05, 3.63) is 125 Å². The van der Waals surface area contributed by atoms with Crippen LogP contribution in [0.1, 0.15) is 46.3 Å². The van der Waals surface area contributed by atoms with Crippen molar-refractivity contribution in [1.29, 1.82) is 0 Å². The SMILES string of the molecule is O=C1CCC(N2Cc3cc(O[C@H]4CN(Cc5ccc(-c6ccccc6)cc5)CC[C@@H]4NCc4ccccc4)ccc3C2=O)C(=O)N1. The van der Waals surface area contributed by atoms with Crippen LogP contribution in [0.15, 0.2) is 103 Å². The minimum Gasteiger partial charge on any atom is -0.487 e. The molecule has 3 aliphatic rings. The Kier molecular flexibility index (Phi) is 8.64. The molecular weight excluding hydrogens is 576 g/mol. The fourth-order valence-corrected chi connectivity index (χ4v) is 6.81. The van der Waals surface area contributed by atoms with Gasteiger partial charge in [-0.3, -0.25) is 24.6 Å². The first-order valence-electron chi connectivity index (χ1n) is 16.1. The van der Waals surface area contributed by atoms with Gasteiger partial charge in [0.2, 0.25) is 11.8 Å². The molecule has 1 unspecified atom stereocenters. The highest BCUT2D eigenvalue weighted by atomic mass is 16.5. The zero-order chi connectivity index (χ0) is 31.5. The van der Waals surface area contributed by atoms with E-state index in [2.05, 4.69) is 88.3 Å². The van der Waals surface area contributed by atoms with Crippen LogP contribution in [0.25, 0.3) is 11.1 Å². The van der Waals surface area contributed by atoms with Crippen molar-refractivity contribution in [3.63, 3.8) is 0 Å². The standard InChI is InChI=1S/C38H38N4O4/c43-36-18-17-34(37(44)40-36)42-24-30-21-31(15-16-32(30)38(42)45)46-35-25-41(20-19-33(35)39-22-26-7-3-1-4-8-26)23-27-11-13-29(14-12-27)28-9-5-2-6-10-28/h1-16,21,33-35,39H,17-20,22-25H2,(H,40,43,44)/t33-,34?,35-/m0/s1. The van der Waals surface area contributed by atoms with Crippen molar-refractivity contribution in [2.45, 2.75) is 57.1 Å². The molecule has 0 saturated carbocycles. The second-order valence-electron chi connectivity index (χ2n) is 12.4. The van der Waals surface area contributed by atoms with Gasteiger partial charge in [0, 0.05) is 50.7 Å². The number of hydrogen-bond acceptors (Lipinski definition) is 6. The summed E-state index contributed by atoms with van der Waals surface area (Å²) < 4.78 is 6.72. The lowest BCUT2D eigenvalue weighted by atomic mass is 9.99. The maximum atomic E-state index is 13.2. The number of amides is 3. The number of imide groups is 1. The highest BCUT2D eigenvalue weighted by Crippen LogP contribution is 2.31. The van der Waals surface area contributed by atoms with E-state index in [-0.39, 0.29) is 30.4 Å². The van der Waals surface area contributed by atoms with Crippen molar-refractivity contribution in [2.75, 3.05) is 13.1 Å². The van der Waals surface area contributed by atoms with Crippen LogP contribution >= 0.6 is 0 Å². The summed E-state index contributed by atoms with van der Waals surface area (Å²) in [5.74, 6) is -0.164. The van der Waals surface area contributed by atoms with Crippen LogP contribution in [0.3, 0.4) is 0 Å². The van der Waals surface area contributed by atoms with E-state index in [0.29, 0.717) is 24.3 Å². The summed E-state index contributed by atoms with van der Waals surface area (Å²) in [6.45, 7) is 3.62. The lowest BCUT2D eigenvalue weighted by Crippen LogP contribution is -2.54. The van der Waals surface area contributed by atoms with Crippen LogP contribution in [0, 0.1) is 0 Å². The molecule has 234 valence electrons. The monoisotopic (exact) mass is 614 g/mol. The molecule has 2 N–H and O–H groups in total. The van der Waals surface area contributed by atoms with Gasteiger partial charge < -0.3 is 15.0 Å². The van der Waals surface area contributed by atoms with E-state index in [4.69, 9.17) is 4.74 Å². The topological polar surface area (TPSA) is 91.0 Å². The van der Waals surface area contributed by atoms with Gasteiger partial charge >= 0.3 is 0 Å². The molecule has 3 aliphatic heterocycles. The second-order valence-corrected chi connectivity index (χ2v) is 12.4. The second kappa shape index (κ2) is 13.3. The Morgan fingerprint density at radius 2 is 1.54 bits per heavy atom. The fourth-order valence-electron chi connectivity index (χ4n) is 6.81. The van der Waals surface area contributed by atoms with Gasteiger partial charge in [-0.25, -0.2) is 0 Å². The third-order valence-electron chi connectivity index (χ3n) is 9.30. The molecule has 3 atom stereocenters. The Bertz CT molecular complexity index is 1710. The summed E-state index contributed by atoms with van der Waals surface area (Å²) in [6.07, 6.45) is 1.40. The van der Waals surface area contributed by atoms with Crippen LogP contribution in [0.2, 0.25) is 0 Å². The minimum absolute atomic E-state index is 0.109. The smallest absolute Gasteiger partial charge is 0.255 e. The van der Waals surface area contributed by atoms with E-state index in [1.807, 2.05) is 24.3 Å². The molecule has 4 aromatic rings. The first-order chi connectivity index (χ1) is 22.5. The number of nitrogens with one attached hydrogen (secondary N) is 2. The molecule has 8 heteroatoms. The van der Waals surface area contributed by atoms with Gasteiger partial charge in [-0.2, -0.15) is 0 Å². The zero-order valence-corrected chi connectivity index (χ0v) is 25.7. The summed E-state index contributed by atoms with van der Waals surface area (Å²) in [4.78, 5) is 41.4. The summed E-state index contributed by atoms with van der Waals surface area (Å²) in [7, 11) is 0. The predicted octanol–water partition coefficient (Wildman–Crippen LogP) is 4.93. The number of likely N-dealkylation sites (tertiary alicyclic amines) is 1. The van der Waals surface area contributed by atoms with Crippen LogP contribution in [-0.4, -0.2) is 58.8 Å². The molecule has 8 nitrogen and oxygen atoms in total. The third kappa shape index (κ3) is 6.59. The van der Waals surface area contributed by atoms with Gasteiger partial charge in [0.15, 0.2) is 0 Å². The molecule has 0 spiro atoms. The molecule has 4 aromatic carbocycles. The molecule has 0 aliphatic carbocycles. The summed E-state index contributed by atoms with van der Waals surface area (Å²) in [5, 5.41) is 6.12. The highest BCUT2D eigenvalue weighted by Gasteiger charge is 2.39. The summed E-state index contributed by atoms with van der Waals surface area (Å²) >= 11 is 0. The molecule has 0 bridgehead atoms. The quantitative estimate of drug-likeness (QED) is 0.260. The van der Waals surface area contributed by atoms with Crippen molar-refractivity contribution in [3.8, 4) is 16.9 Å². The fraction of sp³-hybridized carbons (Fsp3) is 0.289. The lowest BCUT2D eigenvalue weighted by Gasteiger charge is -2.39. The number of fused-ring (bicyclic) bond motifs is 1. The molecule has 7 rings (SSSR count). The van der Waals surface area contributed by atoms with E-state index < -0.39 is 11.9 Å². The third-order valence-corrected chi connectivity index (χ3v) is 9.30. The van der Waals surface area contributed by atoms with Crippen molar-refractivity contribution in [1.82, 2.24) is 20.4 Å². The molecule has 3 heterocycles. The first-order valence-corrected chi connectivity index (χ1v) is 16.1. The maximum absolute atomic E-state index is 13.2. The Labute approximate surface area is 269 Å². The minimum atomic E-state index is -0.637. The van der Waals surface area contributed by atoms with Gasteiger partial charge in [-0.05, 0) is 58.9 Å². The number of carbonyl (C=O) groups excluding carboxylic acids is 3. The van der Waals surface area contributed by atoms with Crippen LogP contribution < -0.4 is 15.4 Å². The molecule has 0 radical (unpaired) electrons. The van der Waals surface area contributed by atoms with Crippen LogP contribution in [0.4, 0.5) is 0 Å². The number of benzene rings is 4. The first kappa shape index (κ1) is 29.9. The Morgan fingerprint density at radius 3 is 2.30 bits per heavy atom. The van der Waals surface area contributed by atoms with E-state index in [1.165, 1.54) is 22.3 Å². The predicted molar refractivity (Wildman–Crippen MR) is 176 cm³/mol. The van der Waals surface area contributed by atoms with Crippen molar-refractivity contribution >= 4 is 17.7 Å². The van der Waals surface area contributed by atoms with Crippen molar-refractivity contribution < 1.29 is 19.1 Å². The highest BCUT2D eigenvalue weighted by molar-refractivity contribution is 6.05. The Balaban J connectivity index is 1.05. The number of nitrogens with zero attached hydrogens (tertiary/aromatic N) is 2. The van der Waals surface area contributed by atoms with Crippen LogP contribution in [0.5, 0.6) is 5.75 Å². The molecule has 3 amide bonds. The average molecular weight is 615 g/mol. The zero-order valence-electron chi connectivity index (χ0n) is 25.7. The van der Waals surface area contributed by atoms with Gasteiger partial charge in [-0.1, -0.05) is 84.9 Å². The van der Waals surface area contributed by atoms with Crippen LogP contribution in [-0.2, 0) is 29.2 Å². The lowest BCUT2D eigenvalue weighted by molar-refractivity contribution is -0.136. The normalized spacial score (nSPS) is 21.6.